The molecule has 0 saturated carbocycles. The average Bonchev–Trinajstić information content (AvgIpc) is 2.85. The lowest BCUT2D eigenvalue weighted by molar-refractivity contribution is 0.415. The molecule has 0 radical (unpaired) electrons. The third kappa shape index (κ3) is 4.01. The van der Waals surface area contributed by atoms with E-state index in [-0.39, 0.29) is 0 Å². The van der Waals surface area contributed by atoms with Crippen molar-refractivity contribution in [1.82, 2.24) is 9.78 Å². The molecule has 18 heavy (non-hydrogen) atoms. The summed E-state index contributed by atoms with van der Waals surface area (Å²) in [5, 5.41) is 6.95. The molecule has 0 aliphatic carbocycles. The second-order valence-corrected chi connectivity index (χ2v) is 3.55. The summed E-state index contributed by atoms with van der Waals surface area (Å²) in [6, 6.07) is 9.57. The van der Waals surface area contributed by atoms with Crippen LogP contribution >= 0.6 is 0 Å². The highest BCUT2D eigenvalue weighted by Gasteiger charge is 1.89. The van der Waals surface area contributed by atoms with Crippen LogP contribution in [-0.4, -0.2) is 23.9 Å². The van der Waals surface area contributed by atoms with E-state index in [1.54, 1.807) is 24.1 Å². The molecule has 5 heteroatoms. The summed E-state index contributed by atoms with van der Waals surface area (Å²) in [7, 11) is 3.55. The lowest BCUT2D eigenvalue weighted by atomic mass is 10.3. The summed E-state index contributed by atoms with van der Waals surface area (Å²) >= 11 is 0. The molecule has 2 rings (SSSR count). The van der Waals surface area contributed by atoms with Crippen LogP contribution < -0.4 is 15.8 Å². The number of anilines is 2. The number of nitrogens with two attached hydrogens (primary N) is 1. The normalized spacial score (nSPS) is 9.28. The Morgan fingerprint density at radius 2 is 1.94 bits per heavy atom. The predicted molar refractivity (Wildman–Crippen MR) is 74.9 cm³/mol. The van der Waals surface area contributed by atoms with Crippen molar-refractivity contribution in [2.45, 2.75) is 13.5 Å². The molecule has 0 unspecified atom stereocenters. The topological polar surface area (TPSA) is 65.1 Å². The summed E-state index contributed by atoms with van der Waals surface area (Å²) in [5.41, 5.74) is 6.55. The Kier molecular flexibility index (Phi) is 5.57. The maximum Gasteiger partial charge on any atom is 0.121 e. The number of nitrogen functional groups attached to an aromatic ring is 1. The number of methoxy groups -OCH3 is 1. The van der Waals surface area contributed by atoms with Crippen molar-refractivity contribution in [3.63, 3.8) is 0 Å². The fourth-order valence-electron chi connectivity index (χ4n) is 1.36. The number of aromatic nitrogens is 2. The van der Waals surface area contributed by atoms with Crippen LogP contribution in [0.25, 0.3) is 0 Å². The zero-order valence-electron chi connectivity index (χ0n) is 11.1. The molecule has 0 aliphatic rings. The van der Waals surface area contributed by atoms with E-state index in [0.29, 0.717) is 0 Å². The van der Waals surface area contributed by atoms with Gasteiger partial charge < -0.3 is 15.8 Å². The van der Waals surface area contributed by atoms with Gasteiger partial charge in [-0.2, -0.15) is 5.10 Å². The summed E-state index contributed by atoms with van der Waals surface area (Å²) in [6.45, 7) is 2.85. The fourth-order valence-corrected chi connectivity index (χ4v) is 1.36. The van der Waals surface area contributed by atoms with Crippen LogP contribution in [0.1, 0.15) is 6.92 Å². The van der Waals surface area contributed by atoms with E-state index in [0.717, 1.165) is 23.8 Å². The van der Waals surface area contributed by atoms with Gasteiger partial charge in [-0.15, -0.1) is 0 Å². The minimum Gasteiger partial charge on any atom is -0.497 e. The van der Waals surface area contributed by atoms with E-state index in [4.69, 9.17) is 10.5 Å². The molecule has 3 N–H and O–H groups in total. The van der Waals surface area contributed by atoms with Gasteiger partial charge in [-0.1, -0.05) is 0 Å². The lowest BCUT2D eigenvalue weighted by Crippen LogP contribution is -2.00. The molecule has 1 aromatic carbocycles. The van der Waals surface area contributed by atoms with Crippen molar-refractivity contribution >= 4 is 11.5 Å². The van der Waals surface area contributed by atoms with E-state index in [1.165, 1.54) is 0 Å². The van der Waals surface area contributed by atoms with Crippen molar-refractivity contribution in [3.05, 3.63) is 36.5 Å². The minimum absolute atomic E-state index is 0.729. The van der Waals surface area contributed by atoms with Gasteiger partial charge in [-0.3, -0.25) is 4.68 Å². The molecule has 0 fully saturated rings. The summed E-state index contributed by atoms with van der Waals surface area (Å²) < 4.78 is 6.72. The van der Waals surface area contributed by atoms with Crippen LogP contribution in [0.5, 0.6) is 5.75 Å². The Hall–Kier alpha value is -2.17. The standard InChI is InChI=1S/C8H11NO.C5H9N3/c1-9-7-3-5-8(10-2)6-4-7;1-2-8-5(6)3-4-7-8/h3-6,9H,1-2H3;3-4H,2,6H2,1H3. The Labute approximate surface area is 108 Å². The zero-order chi connectivity index (χ0) is 13.4. The van der Waals surface area contributed by atoms with Crippen LogP contribution in [-0.2, 0) is 6.54 Å². The van der Waals surface area contributed by atoms with E-state index < -0.39 is 0 Å². The van der Waals surface area contributed by atoms with Crippen LogP contribution in [0.4, 0.5) is 11.5 Å². The van der Waals surface area contributed by atoms with Gasteiger partial charge in [0.25, 0.3) is 0 Å². The highest BCUT2D eigenvalue weighted by Crippen LogP contribution is 2.13. The monoisotopic (exact) mass is 248 g/mol. The van der Waals surface area contributed by atoms with Gasteiger partial charge in [-0.25, -0.2) is 0 Å². The van der Waals surface area contributed by atoms with Crippen LogP contribution in [0, 0.1) is 0 Å². The maximum absolute atomic E-state index is 5.45. The average molecular weight is 248 g/mol. The molecular formula is C13H20N4O. The molecule has 0 saturated heterocycles. The number of benzene rings is 1. The quantitative estimate of drug-likeness (QED) is 0.874. The molecule has 0 amide bonds. The first-order chi connectivity index (χ1) is 8.71. The van der Waals surface area contributed by atoms with Crippen molar-refractivity contribution in [1.29, 1.82) is 0 Å². The predicted octanol–water partition coefficient (Wildman–Crippen LogP) is 2.22. The number of aryl methyl sites for hydroxylation is 1. The van der Waals surface area contributed by atoms with Gasteiger partial charge in [0, 0.05) is 19.3 Å². The van der Waals surface area contributed by atoms with Crippen LogP contribution in [0.15, 0.2) is 36.5 Å². The molecule has 1 heterocycles. The fraction of sp³-hybridized carbons (Fsp3) is 0.308. The largest absolute Gasteiger partial charge is 0.497 e. The Morgan fingerprint density at radius 3 is 2.28 bits per heavy atom. The van der Waals surface area contributed by atoms with Gasteiger partial charge in [-0.05, 0) is 37.3 Å². The van der Waals surface area contributed by atoms with Gasteiger partial charge in [0.15, 0.2) is 0 Å². The number of rotatable bonds is 3. The summed E-state index contributed by atoms with van der Waals surface area (Å²) in [5.74, 6) is 1.62. The van der Waals surface area contributed by atoms with E-state index in [9.17, 15) is 0 Å². The van der Waals surface area contributed by atoms with E-state index in [2.05, 4.69) is 10.4 Å². The Bertz CT molecular complexity index is 427. The molecule has 98 valence electrons. The molecule has 0 aliphatic heterocycles. The third-order valence-corrected chi connectivity index (χ3v) is 2.43. The first-order valence-electron chi connectivity index (χ1n) is 5.80. The molecule has 0 atom stereocenters. The number of hydrogen-bond donors (Lipinski definition) is 2. The Balaban J connectivity index is 0.000000184. The molecule has 5 nitrogen and oxygen atoms in total. The molecule has 0 spiro atoms. The summed E-state index contributed by atoms with van der Waals surface area (Å²) in [6.07, 6.45) is 1.69. The molecule has 0 bridgehead atoms. The van der Waals surface area contributed by atoms with Crippen LogP contribution in [0.2, 0.25) is 0 Å². The van der Waals surface area contributed by atoms with Crippen molar-refractivity contribution < 1.29 is 4.74 Å². The first kappa shape index (κ1) is 13.9. The molecular weight excluding hydrogens is 228 g/mol. The number of ether oxygens (including phenoxy) is 1. The van der Waals surface area contributed by atoms with Gasteiger partial charge in [0.1, 0.15) is 11.6 Å². The molecule has 1 aromatic heterocycles. The second kappa shape index (κ2) is 7.21. The summed E-state index contributed by atoms with van der Waals surface area (Å²) in [4.78, 5) is 0. The maximum atomic E-state index is 5.45. The Morgan fingerprint density at radius 1 is 1.28 bits per heavy atom. The van der Waals surface area contributed by atoms with Crippen molar-refractivity contribution in [2.75, 3.05) is 25.2 Å². The second-order valence-electron chi connectivity index (χ2n) is 3.55. The number of nitrogens with zero attached hydrogens (tertiary/aromatic N) is 2. The smallest absolute Gasteiger partial charge is 0.121 e. The number of hydrogen-bond acceptors (Lipinski definition) is 4. The SMILES string of the molecule is CCn1nccc1N.CNc1ccc(OC)cc1. The first-order valence-corrected chi connectivity index (χ1v) is 5.80. The van der Waals surface area contributed by atoms with Crippen molar-refractivity contribution in [2.24, 2.45) is 0 Å². The lowest BCUT2D eigenvalue weighted by Gasteiger charge is -2.00. The van der Waals surface area contributed by atoms with Gasteiger partial charge >= 0.3 is 0 Å². The minimum atomic E-state index is 0.729. The molecule has 2 aromatic rings. The van der Waals surface area contributed by atoms with E-state index >= 15 is 0 Å². The van der Waals surface area contributed by atoms with Crippen molar-refractivity contribution in [3.8, 4) is 5.75 Å². The highest BCUT2D eigenvalue weighted by molar-refractivity contribution is 5.45. The van der Waals surface area contributed by atoms with Gasteiger partial charge in [0.2, 0.25) is 0 Å². The number of nitrogens with one attached hydrogen (secondary N) is 1. The van der Waals surface area contributed by atoms with Crippen LogP contribution in [0.3, 0.4) is 0 Å². The van der Waals surface area contributed by atoms with Gasteiger partial charge in [0.05, 0.1) is 13.3 Å². The third-order valence-electron chi connectivity index (χ3n) is 2.43. The zero-order valence-corrected chi connectivity index (χ0v) is 11.1. The highest BCUT2D eigenvalue weighted by atomic mass is 16.5. The van der Waals surface area contributed by atoms with E-state index in [1.807, 2.05) is 38.2 Å².